The molecule has 0 radical (unpaired) electrons. The molecule has 0 bridgehead atoms. The van der Waals surface area contributed by atoms with Crippen LogP contribution in [0.25, 0.3) is 16.6 Å². The van der Waals surface area contributed by atoms with Gasteiger partial charge in [0.2, 0.25) is 0 Å². The van der Waals surface area contributed by atoms with E-state index in [1.165, 1.54) is 16.8 Å². The van der Waals surface area contributed by atoms with Gasteiger partial charge in [-0.1, -0.05) is 18.2 Å². The van der Waals surface area contributed by atoms with Gasteiger partial charge in [0.25, 0.3) is 5.91 Å². The van der Waals surface area contributed by atoms with Crippen molar-refractivity contribution in [1.29, 1.82) is 0 Å². The third-order valence-corrected chi connectivity index (χ3v) is 3.79. The van der Waals surface area contributed by atoms with Gasteiger partial charge in [0.1, 0.15) is 5.82 Å². The normalized spacial score (nSPS) is 10.8. The number of pyridine rings is 1. The molecule has 2 heterocycles. The lowest BCUT2D eigenvalue weighted by atomic mass is 10.2. The molecule has 0 unspecified atom stereocenters. The summed E-state index contributed by atoms with van der Waals surface area (Å²) in [6, 6.07) is 16.9. The van der Waals surface area contributed by atoms with Gasteiger partial charge in [0.05, 0.1) is 16.9 Å². The largest absolute Gasteiger partial charge is 0.319 e. The van der Waals surface area contributed by atoms with Crippen LogP contribution in [0.3, 0.4) is 0 Å². The van der Waals surface area contributed by atoms with Crippen LogP contribution in [0.4, 0.5) is 10.1 Å². The predicted molar refractivity (Wildman–Crippen MR) is 93.2 cm³/mol. The molecule has 0 spiro atoms. The number of benzene rings is 2. The monoisotopic (exact) mass is 332 g/mol. The molecule has 2 aromatic carbocycles. The Morgan fingerprint density at radius 2 is 1.80 bits per heavy atom. The molecule has 1 N–H and O–H groups in total. The molecular weight excluding hydrogens is 319 g/mol. The zero-order valence-corrected chi connectivity index (χ0v) is 13.1. The molecule has 5 nitrogen and oxygen atoms in total. The maximum atomic E-state index is 13.0. The topological polar surface area (TPSA) is 59.8 Å². The zero-order chi connectivity index (χ0) is 17.2. The lowest BCUT2D eigenvalue weighted by Crippen LogP contribution is -2.13. The van der Waals surface area contributed by atoms with Gasteiger partial charge >= 0.3 is 0 Å². The van der Waals surface area contributed by atoms with E-state index in [9.17, 15) is 9.18 Å². The summed E-state index contributed by atoms with van der Waals surface area (Å²) in [5, 5.41) is 8.03. The van der Waals surface area contributed by atoms with Crippen LogP contribution in [0.5, 0.6) is 0 Å². The molecular formula is C19H13FN4O. The summed E-state index contributed by atoms with van der Waals surface area (Å²) >= 11 is 0. The zero-order valence-electron chi connectivity index (χ0n) is 13.1. The van der Waals surface area contributed by atoms with Crippen molar-refractivity contribution in [3.8, 4) is 5.69 Å². The van der Waals surface area contributed by atoms with Crippen LogP contribution in [0.2, 0.25) is 0 Å². The van der Waals surface area contributed by atoms with Gasteiger partial charge in [0, 0.05) is 17.8 Å². The van der Waals surface area contributed by atoms with Crippen molar-refractivity contribution in [2.45, 2.75) is 0 Å². The van der Waals surface area contributed by atoms with Crippen LogP contribution >= 0.6 is 0 Å². The van der Waals surface area contributed by atoms with Crippen LogP contribution in [0, 0.1) is 5.82 Å². The standard InChI is InChI=1S/C19H13FN4O/c20-14-6-8-15(9-7-14)24-12-10-17(23-24)19(25)22-16-5-1-3-13-4-2-11-21-18(13)16/h1-12H,(H,22,25). The fourth-order valence-corrected chi connectivity index (χ4v) is 2.57. The SMILES string of the molecule is O=C(Nc1cccc2cccnc12)c1ccn(-c2ccc(F)cc2)n1. The summed E-state index contributed by atoms with van der Waals surface area (Å²) in [5.74, 6) is -0.656. The molecule has 0 saturated heterocycles. The number of nitrogens with one attached hydrogen (secondary N) is 1. The summed E-state index contributed by atoms with van der Waals surface area (Å²) in [4.78, 5) is 16.8. The summed E-state index contributed by atoms with van der Waals surface area (Å²) in [5.41, 5.74) is 2.28. The molecule has 0 fully saturated rings. The number of fused-ring (bicyclic) bond motifs is 1. The maximum Gasteiger partial charge on any atom is 0.276 e. The van der Waals surface area contributed by atoms with Crippen LogP contribution in [0.1, 0.15) is 10.5 Å². The number of carbonyl (C=O) groups is 1. The highest BCUT2D eigenvalue weighted by Crippen LogP contribution is 2.21. The third kappa shape index (κ3) is 2.97. The highest BCUT2D eigenvalue weighted by atomic mass is 19.1. The number of amides is 1. The van der Waals surface area contributed by atoms with E-state index in [0.29, 0.717) is 11.4 Å². The van der Waals surface area contributed by atoms with E-state index >= 15 is 0 Å². The smallest absolute Gasteiger partial charge is 0.276 e. The molecule has 4 aromatic rings. The molecule has 0 atom stereocenters. The fourth-order valence-electron chi connectivity index (χ4n) is 2.57. The summed E-state index contributed by atoms with van der Waals surface area (Å²) < 4.78 is 14.5. The number of hydrogen-bond acceptors (Lipinski definition) is 3. The molecule has 0 aliphatic carbocycles. The van der Waals surface area contributed by atoms with Crippen LogP contribution < -0.4 is 5.32 Å². The average molecular weight is 332 g/mol. The Morgan fingerprint density at radius 3 is 2.64 bits per heavy atom. The Bertz CT molecular complexity index is 1050. The number of aromatic nitrogens is 3. The lowest BCUT2D eigenvalue weighted by molar-refractivity contribution is 0.102. The first kappa shape index (κ1) is 15.0. The van der Waals surface area contributed by atoms with Gasteiger partial charge in [0.15, 0.2) is 5.69 Å². The molecule has 0 aliphatic heterocycles. The number of rotatable bonds is 3. The molecule has 4 rings (SSSR count). The minimum atomic E-state index is -0.334. The Labute approximate surface area is 142 Å². The first-order valence-corrected chi connectivity index (χ1v) is 7.67. The van der Waals surface area contributed by atoms with Crippen molar-refractivity contribution < 1.29 is 9.18 Å². The lowest BCUT2D eigenvalue weighted by Gasteiger charge is -2.06. The van der Waals surface area contributed by atoms with Gasteiger partial charge < -0.3 is 5.32 Å². The fraction of sp³-hybridized carbons (Fsp3) is 0. The van der Waals surface area contributed by atoms with Crippen LogP contribution in [-0.4, -0.2) is 20.7 Å². The van der Waals surface area contributed by atoms with Crippen molar-refractivity contribution in [1.82, 2.24) is 14.8 Å². The highest BCUT2D eigenvalue weighted by Gasteiger charge is 2.12. The number of carbonyl (C=O) groups excluding carboxylic acids is 1. The second-order valence-corrected chi connectivity index (χ2v) is 5.46. The highest BCUT2D eigenvalue weighted by molar-refractivity contribution is 6.07. The summed E-state index contributed by atoms with van der Waals surface area (Å²) in [6.07, 6.45) is 3.34. The average Bonchev–Trinajstić information content (AvgIpc) is 3.13. The quantitative estimate of drug-likeness (QED) is 0.620. The first-order chi connectivity index (χ1) is 12.2. The minimum Gasteiger partial charge on any atom is -0.319 e. The van der Waals surface area contributed by atoms with Gasteiger partial charge in [-0.3, -0.25) is 9.78 Å². The second-order valence-electron chi connectivity index (χ2n) is 5.46. The van der Waals surface area contributed by atoms with E-state index in [1.807, 2.05) is 24.3 Å². The molecule has 122 valence electrons. The summed E-state index contributed by atoms with van der Waals surface area (Å²) in [7, 11) is 0. The molecule has 0 aliphatic rings. The van der Waals surface area contributed by atoms with Gasteiger partial charge in [-0.05, 0) is 42.5 Å². The number of para-hydroxylation sites is 1. The third-order valence-electron chi connectivity index (χ3n) is 3.79. The minimum absolute atomic E-state index is 0.261. The molecule has 0 saturated carbocycles. The van der Waals surface area contributed by atoms with E-state index in [0.717, 1.165) is 10.9 Å². The first-order valence-electron chi connectivity index (χ1n) is 7.67. The second kappa shape index (κ2) is 6.16. The van der Waals surface area contributed by atoms with E-state index in [2.05, 4.69) is 15.4 Å². The predicted octanol–water partition coefficient (Wildman–Crippen LogP) is 3.81. The number of hydrogen-bond donors (Lipinski definition) is 1. The summed E-state index contributed by atoms with van der Waals surface area (Å²) in [6.45, 7) is 0. The van der Waals surface area contributed by atoms with Crippen molar-refractivity contribution in [2.75, 3.05) is 5.32 Å². The van der Waals surface area contributed by atoms with E-state index in [-0.39, 0.29) is 17.4 Å². The van der Waals surface area contributed by atoms with Crippen LogP contribution in [0.15, 0.2) is 73.1 Å². The van der Waals surface area contributed by atoms with E-state index < -0.39 is 0 Å². The van der Waals surface area contributed by atoms with Gasteiger partial charge in [-0.25, -0.2) is 9.07 Å². The van der Waals surface area contributed by atoms with Crippen molar-refractivity contribution in [3.63, 3.8) is 0 Å². The van der Waals surface area contributed by atoms with Gasteiger partial charge in [-0.2, -0.15) is 5.10 Å². The van der Waals surface area contributed by atoms with Crippen molar-refractivity contribution in [3.05, 3.63) is 84.6 Å². The molecule has 25 heavy (non-hydrogen) atoms. The van der Waals surface area contributed by atoms with Crippen molar-refractivity contribution >= 4 is 22.5 Å². The number of halogens is 1. The van der Waals surface area contributed by atoms with Gasteiger partial charge in [-0.15, -0.1) is 0 Å². The molecule has 1 amide bonds. The van der Waals surface area contributed by atoms with E-state index in [1.54, 1.807) is 36.7 Å². The maximum absolute atomic E-state index is 13.0. The Kier molecular flexibility index (Phi) is 3.70. The Hall–Kier alpha value is -3.54. The Balaban J connectivity index is 1.60. The number of anilines is 1. The van der Waals surface area contributed by atoms with Crippen molar-refractivity contribution in [2.24, 2.45) is 0 Å². The number of nitrogens with zero attached hydrogens (tertiary/aromatic N) is 3. The molecule has 2 aromatic heterocycles. The van der Waals surface area contributed by atoms with Crippen LogP contribution in [-0.2, 0) is 0 Å². The van der Waals surface area contributed by atoms with E-state index in [4.69, 9.17) is 0 Å². The Morgan fingerprint density at radius 1 is 1.00 bits per heavy atom. The molecule has 6 heteroatoms.